The van der Waals surface area contributed by atoms with Gasteiger partial charge in [0.15, 0.2) is 0 Å². The second-order valence-electron chi connectivity index (χ2n) is 6.60. The number of nitrogens with zero attached hydrogens (tertiary/aromatic N) is 3. The Morgan fingerprint density at radius 1 is 1.03 bits per heavy atom. The van der Waals surface area contributed by atoms with Crippen LogP contribution >= 0.6 is 0 Å². The van der Waals surface area contributed by atoms with Gasteiger partial charge >= 0.3 is 6.01 Å². The molecule has 0 saturated heterocycles. The van der Waals surface area contributed by atoms with Crippen LogP contribution in [0.2, 0.25) is 0 Å². The molecule has 0 aliphatic rings. The summed E-state index contributed by atoms with van der Waals surface area (Å²) in [5, 5.41) is 5.85. The molecule has 1 heterocycles. The lowest BCUT2D eigenvalue weighted by Gasteiger charge is -2.12. The molecule has 0 atom stereocenters. The molecule has 1 aromatic heterocycles. The zero-order chi connectivity index (χ0) is 20.5. The summed E-state index contributed by atoms with van der Waals surface area (Å²) in [5.74, 6) is 0.417. The highest BCUT2D eigenvalue weighted by atomic mass is 16.5. The number of nitrogens with one attached hydrogen (secondary N) is 2. The smallest absolute Gasteiger partial charge is 0.321 e. The highest BCUT2D eigenvalue weighted by Gasteiger charge is 2.08. The molecule has 0 aliphatic heterocycles. The normalized spacial score (nSPS) is 10.4. The Hall–Kier alpha value is -3.48. The minimum Gasteiger partial charge on any atom is -0.458 e. The molecule has 2 N–H and O–H groups in total. The van der Waals surface area contributed by atoms with Crippen LogP contribution in [-0.4, -0.2) is 33.9 Å². The Kier molecular flexibility index (Phi) is 7.10. The molecule has 29 heavy (non-hydrogen) atoms. The van der Waals surface area contributed by atoms with E-state index in [0.29, 0.717) is 25.6 Å². The third-order valence-electron chi connectivity index (χ3n) is 4.45. The number of anilines is 1. The molecule has 3 aromatic rings. The predicted molar refractivity (Wildman–Crippen MR) is 113 cm³/mol. The van der Waals surface area contributed by atoms with Gasteiger partial charge in [0, 0.05) is 20.0 Å². The molecule has 7 nitrogen and oxygen atoms in total. The molecule has 0 fully saturated rings. The number of hydrogen-bond donors (Lipinski definition) is 2. The summed E-state index contributed by atoms with van der Waals surface area (Å²) in [6, 6.07) is 16.7. The third-order valence-corrected chi connectivity index (χ3v) is 4.45. The van der Waals surface area contributed by atoms with E-state index in [2.05, 4.69) is 50.7 Å². The van der Waals surface area contributed by atoms with Gasteiger partial charge in [0.05, 0.1) is 0 Å². The van der Waals surface area contributed by atoms with Crippen molar-refractivity contribution in [3.8, 4) is 17.1 Å². The molecule has 0 bridgehead atoms. The van der Waals surface area contributed by atoms with Gasteiger partial charge in [-0.3, -0.25) is 4.79 Å². The fraction of sp³-hybridized carbons (Fsp3) is 0.273. The molecular weight excluding hydrogens is 366 g/mol. The minimum atomic E-state index is -0.0347. The molecule has 2 aromatic carbocycles. The van der Waals surface area contributed by atoms with Crippen LogP contribution in [0.25, 0.3) is 11.1 Å². The van der Waals surface area contributed by atoms with Crippen LogP contribution in [0.15, 0.2) is 54.9 Å². The van der Waals surface area contributed by atoms with Gasteiger partial charge < -0.3 is 15.4 Å². The van der Waals surface area contributed by atoms with Gasteiger partial charge in [0.2, 0.25) is 11.9 Å². The van der Waals surface area contributed by atoms with E-state index >= 15 is 0 Å². The van der Waals surface area contributed by atoms with Crippen molar-refractivity contribution in [2.24, 2.45) is 0 Å². The zero-order valence-corrected chi connectivity index (χ0v) is 16.7. The van der Waals surface area contributed by atoms with Crippen LogP contribution in [0.3, 0.4) is 0 Å². The highest BCUT2D eigenvalue weighted by molar-refractivity contribution is 5.72. The van der Waals surface area contributed by atoms with Crippen molar-refractivity contribution < 1.29 is 9.53 Å². The molecule has 0 saturated carbocycles. The fourth-order valence-corrected chi connectivity index (χ4v) is 2.90. The Morgan fingerprint density at radius 2 is 1.86 bits per heavy atom. The average molecular weight is 391 g/mol. The summed E-state index contributed by atoms with van der Waals surface area (Å²) >= 11 is 0. The quantitative estimate of drug-likeness (QED) is 0.544. The maximum Gasteiger partial charge on any atom is 0.321 e. The number of hydrogen-bond acceptors (Lipinski definition) is 6. The largest absolute Gasteiger partial charge is 0.458 e. The monoisotopic (exact) mass is 391 g/mol. The first kappa shape index (κ1) is 20.3. The van der Waals surface area contributed by atoms with Gasteiger partial charge in [0.1, 0.15) is 12.9 Å². The molecule has 150 valence electrons. The van der Waals surface area contributed by atoms with E-state index in [0.717, 1.165) is 12.0 Å². The first-order chi connectivity index (χ1) is 14.1. The second-order valence-corrected chi connectivity index (χ2v) is 6.60. The van der Waals surface area contributed by atoms with E-state index in [1.165, 1.54) is 29.9 Å². The summed E-state index contributed by atoms with van der Waals surface area (Å²) in [5.41, 5.74) is 4.61. The number of rotatable bonds is 9. The van der Waals surface area contributed by atoms with Gasteiger partial charge in [-0.05, 0) is 35.6 Å². The number of ether oxygens (including phenoxy) is 1. The maximum absolute atomic E-state index is 10.9. The van der Waals surface area contributed by atoms with Crippen molar-refractivity contribution >= 4 is 11.9 Å². The molecule has 0 unspecified atom stereocenters. The highest BCUT2D eigenvalue weighted by Crippen LogP contribution is 2.26. The Labute approximate surface area is 170 Å². The predicted octanol–water partition coefficient (Wildman–Crippen LogP) is 3.36. The van der Waals surface area contributed by atoms with Crippen LogP contribution in [-0.2, 0) is 11.4 Å². The molecular formula is C22H25N5O2. The fourth-order valence-electron chi connectivity index (χ4n) is 2.90. The Morgan fingerprint density at radius 3 is 2.66 bits per heavy atom. The molecule has 7 heteroatoms. The lowest BCUT2D eigenvalue weighted by atomic mass is 9.97. The van der Waals surface area contributed by atoms with Crippen LogP contribution in [0.1, 0.15) is 24.5 Å². The van der Waals surface area contributed by atoms with E-state index in [1.54, 1.807) is 0 Å². The van der Waals surface area contributed by atoms with E-state index in [9.17, 15) is 4.79 Å². The molecule has 0 spiro atoms. The third kappa shape index (κ3) is 6.00. The lowest BCUT2D eigenvalue weighted by Crippen LogP contribution is -2.23. The Balaban J connectivity index is 1.58. The first-order valence-corrected chi connectivity index (χ1v) is 9.57. The topological polar surface area (TPSA) is 89.0 Å². The van der Waals surface area contributed by atoms with Crippen LogP contribution in [0.4, 0.5) is 5.95 Å². The first-order valence-electron chi connectivity index (χ1n) is 9.57. The number of benzene rings is 2. The SMILES string of the molecule is CC(=O)NCCCNc1ncnc(OCc2cccc(-c3ccccc3)c2C)n1. The molecule has 0 aliphatic carbocycles. The van der Waals surface area contributed by atoms with Crippen molar-refractivity contribution in [1.29, 1.82) is 0 Å². The van der Waals surface area contributed by atoms with E-state index in [1.807, 2.05) is 30.3 Å². The van der Waals surface area contributed by atoms with Crippen molar-refractivity contribution in [3.63, 3.8) is 0 Å². The van der Waals surface area contributed by atoms with E-state index in [-0.39, 0.29) is 11.9 Å². The van der Waals surface area contributed by atoms with Gasteiger partial charge in [-0.15, -0.1) is 0 Å². The second kappa shape index (κ2) is 10.2. The lowest BCUT2D eigenvalue weighted by molar-refractivity contribution is -0.118. The van der Waals surface area contributed by atoms with Crippen molar-refractivity contribution in [1.82, 2.24) is 20.3 Å². The Bertz CT molecular complexity index is 947. The van der Waals surface area contributed by atoms with Crippen molar-refractivity contribution in [3.05, 3.63) is 66.0 Å². The summed E-state index contributed by atoms with van der Waals surface area (Å²) < 4.78 is 5.80. The molecule has 1 amide bonds. The summed E-state index contributed by atoms with van der Waals surface area (Å²) in [7, 11) is 0. The van der Waals surface area contributed by atoms with E-state index in [4.69, 9.17) is 4.74 Å². The number of carbonyl (C=O) groups is 1. The van der Waals surface area contributed by atoms with Crippen molar-refractivity contribution in [2.75, 3.05) is 18.4 Å². The van der Waals surface area contributed by atoms with Gasteiger partial charge in [-0.25, -0.2) is 4.98 Å². The van der Waals surface area contributed by atoms with Gasteiger partial charge in [-0.2, -0.15) is 9.97 Å². The van der Waals surface area contributed by atoms with Crippen LogP contribution in [0, 0.1) is 6.92 Å². The number of aromatic nitrogens is 3. The van der Waals surface area contributed by atoms with Crippen LogP contribution < -0.4 is 15.4 Å². The number of amides is 1. The standard InChI is InChI=1S/C22H25N5O2/c1-16-19(10-6-11-20(16)18-8-4-3-5-9-18)14-29-22-26-15-25-21(27-22)24-13-7-12-23-17(2)28/h3-6,8-11,15H,7,12-14H2,1-2H3,(H,23,28)(H,24,25,26,27). The summed E-state index contributed by atoms with van der Waals surface area (Å²) in [4.78, 5) is 23.3. The maximum atomic E-state index is 10.9. The number of carbonyl (C=O) groups excluding carboxylic acids is 1. The van der Waals surface area contributed by atoms with Gasteiger partial charge in [0.25, 0.3) is 0 Å². The summed E-state index contributed by atoms with van der Waals surface area (Å²) in [6.07, 6.45) is 2.19. The molecule has 0 radical (unpaired) electrons. The van der Waals surface area contributed by atoms with E-state index < -0.39 is 0 Å². The minimum absolute atomic E-state index is 0.0347. The van der Waals surface area contributed by atoms with Gasteiger partial charge in [-0.1, -0.05) is 48.5 Å². The zero-order valence-electron chi connectivity index (χ0n) is 16.7. The average Bonchev–Trinajstić information content (AvgIpc) is 2.73. The molecule has 3 rings (SSSR count). The van der Waals surface area contributed by atoms with Crippen LogP contribution in [0.5, 0.6) is 6.01 Å². The summed E-state index contributed by atoms with van der Waals surface area (Å²) in [6.45, 7) is 5.21. The van der Waals surface area contributed by atoms with Crippen molar-refractivity contribution in [2.45, 2.75) is 26.9 Å².